The average molecular weight is 273 g/mol. The first-order valence-electron chi connectivity index (χ1n) is 5.90. The summed E-state index contributed by atoms with van der Waals surface area (Å²) in [5, 5.41) is 9.06. The maximum atomic E-state index is 12.2. The molecule has 1 rings (SSSR count). The van der Waals surface area contributed by atoms with Crippen LogP contribution < -0.4 is 0 Å². The van der Waals surface area contributed by atoms with E-state index in [9.17, 15) is 13.2 Å². The summed E-state index contributed by atoms with van der Waals surface area (Å²) in [7, 11) is -3.19. The molecule has 1 aliphatic heterocycles. The first kappa shape index (κ1) is 14.9. The second kappa shape index (κ2) is 5.24. The summed E-state index contributed by atoms with van der Waals surface area (Å²) >= 11 is 0. The van der Waals surface area contributed by atoms with Gasteiger partial charge in [-0.25, -0.2) is 8.42 Å². The zero-order valence-electron chi connectivity index (χ0n) is 11.0. The average Bonchev–Trinajstić information content (AvgIpc) is 2.36. The highest BCUT2D eigenvalue weighted by Gasteiger charge is 2.37. The van der Waals surface area contributed by atoms with Crippen LogP contribution in [-0.4, -0.2) is 56.0 Å². The lowest BCUT2D eigenvalue weighted by Gasteiger charge is -2.36. The Kier molecular flexibility index (Phi) is 4.35. The molecule has 0 radical (unpaired) electrons. The van der Waals surface area contributed by atoms with Crippen molar-refractivity contribution < 1.29 is 13.2 Å². The van der Waals surface area contributed by atoms with Gasteiger partial charge in [-0.15, -0.1) is 0 Å². The highest BCUT2D eigenvalue weighted by molar-refractivity contribution is 7.88. The van der Waals surface area contributed by atoms with E-state index in [0.29, 0.717) is 32.6 Å². The van der Waals surface area contributed by atoms with Crippen LogP contribution in [0.2, 0.25) is 0 Å². The van der Waals surface area contributed by atoms with Crippen LogP contribution >= 0.6 is 0 Å². The molecule has 0 aliphatic carbocycles. The Balaban J connectivity index is 2.70. The van der Waals surface area contributed by atoms with E-state index >= 15 is 0 Å². The van der Waals surface area contributed by atoms with E-state index in [1.807, 2.05) is 6.07 Å². The molecular weight excluding hydrogens is 254 g/mol. The normalized spacial score (nSPS) is 21.1. The van der Waals surface area contributed by atoms with Crippen LogP contribution in [0.4, 0.5) is 0 Å². The van der Waals surface area contributed by atoms with E-state index in [1.54, 1.807) is 18.7 Å². The van der Waals surface area contributed by atoms with E-state index in [0.717, 1.165) is 6.26 Å². The summed E-state index contributed by atoms with van der Waals surface area (Å²) in [4.78, 5) is 13.8. The topological polar surface area (TPSA) is 81.5 Å². The van der Waals surface area contributed by atoms with Crippen LogP contribution in [-0.2, 0) is 14.8 Å². The van der Waals surface area contributed by atoms with Gasteiger partial charge >= 0.3 is 0 Å². The van der Waals surface area contributed by atoms with Gasteiger partial charge in [-0.2, -0.15) is 9.57 Å². The monoisotopic (exact) mass is 273 g/mol. The van der Waals surface area contributed by atoms with Gasteiger partial charge in [0.1, 0.15) is 5.41 Å². The van der Waals surface area contributed by atoms with Crippen molar-refractivity contribution in [3.05, 3.63) is 0 Å². The molecule has 18 heavy (non-hydrogen) atoms. The van der Waals surface area contributed by atoms with Crippen LogP contribution in [0.25, 0.3) is 0 Å². The number of nitrogens with zero attached hydrogens (tertiary/aromatic N) is 3. The number of rotatable bonds is 3. The molecule has 0 saturated carbocycles. The van der Waals surface area contributed by atoms with Gasteiger partial charge in [-0.1, -0.05) is 6.92 Å². The summed E-state index contributed by atoms with van der Waals surface area (Å²) in [5.41, 5.74) is -1.01. The van der Waals surface area contributed by atoms with Crippen molar-refractivity contribution in [1.82, 2.24) is 9.21 Å². The molecule has 1 aliphatic rings. The Morgan fingerprint density at radius 3 is 2.17 bits per heavy atom. The fourth-order valence-electron chi connectivity index (χ4n) is 1.85. The summed E-state index contributed by atoms with van der Waals surface area (Å²) in [6.45, 7) is 4.73. The zero-order valence-corrected chi connectivity index (χ0v) is 11.8. The number of hydrogen-bond donors (Lipinski definition) is 0. The van der Waals surface area contributed by atoms with Crippen LogP contribution in [0.5, 0.6) is 0 Å². The van der Waals surface area contributed by atoms with Crippen molar-refractivity contribution in [3.63, 3.8) is 0 Å². The number of piperazine rings is 1. The molecule has 102 valence electrons. The van der Waals surface area contributed by atoms with Crippen molar-refractivity contribution in [3.8, 4) is 6.07 Å². The smallest absolute Gasteiger partial charge is 0.242 e. The maximum Gasteiger partial charge on any atom is 0.242 e. The third-order valence-corrected chi connectivity index (χ3v) is 4.72. The lowest BCUT2D eigenvalue weighted by Crippen LogP contribution is -2.53. The SMILES string of the molecule is CCC(C)(C#N)C(=O)N1CCN(S(C)(=O)=O)CC1. The summed E-state index contributed by atoms with van der Waals surface area (Å²) < 4.78 is 24.0. The number of nitriles is 1. The Morgan fingerprint density at radius 1 is 1.33 bits per heavy atom. The quantitative estimate of drug-likeness (QED) is 0.726. The van der Waals surface area contributed by atoms with Crippen molar-refractivity contribution in [1.29, 1.82) is 5.26 Å². The Morgan fingerprint density at radius 2 is 1.83 bits per heavy atom. The first-order valence-corrected chi connectivity index (χ1v) is 7.75. The number of sulfonamides is 1. The van der Waals surface area contributed by atoms with Gasteiger partial charge in [-0.05, 0) is 13.3 Å². The minimum atomic E-state index is -3.19. The summed E-state index contributed by atoms with van der Waals surface area (Å²) in [6.07, 6.45) is 1.62. The van der Waals surface area contributed by atoms with Crippen molar-refractivity contribution in [2.75, 3.05) is 32.4 Å². The number of carbonyl (C=O) groups excluding carboxylic acids is 1. The maximum absolute atomic E-state index is 12.2. The Hall–Kier alpha value is -1.13. The molecule has 0 aromatic rings. The van der Waals surface area contributed by atoms with Gasteiger partial charge in [0.25, 0.3) is 0 Å². The first-order chi connectivity index (χ1) is 8.24. The molecule has 1 amide bonds. The molecule has 0 bridgehead atoms. The molecule has 0 aromatic carbocycles. The highest BCUT2D eigenvalue weighted by Crippen LogP contribution is 2.24. The van der Waals surface area contributed by atoms with E-state index in [1.165, 1.54) is 4.31 Å². The number of amides is 1. The zero-order chi connectivity index (χ0) is 14.0. The lowest BCUT2D eigenvalue weighted by molar-refractivity contribution is -0.139. The van der Waals surface area contributed by atoms with Gasteiger partial charge in [0.2, 0.25) is 15.9 Å². The van der Waals surface area contributed by atoms with E-state index < -0.39 is 15.4 Å². The van der Waals surface area contributed by atoms with Crippen molar-refractivity contribution in [2.24, 2.45) is 5.41 Å². The third kappa shape index (κ3) is 3.00. The molecule has 1 heterocycles. The fourth-order valence-corrected chi connectivity index (χ4v) is 2.68. The van der Waals surface area contributed by atoms with Gasteiger partial charge in [-0.3, -0.25) is 4.79 Å². The predicted octanol–water partition coefficient (Wildman–Crippen LogP) is 0.0301. The minimum absolute atomic E-state index is 0.208. The van der Waals surface area contributed by atoms with Gasteiger partial charge in [0.05, 0.1) is 12.3 Å². The predicted molar refractivity (Wildman–Crippen MR) is 67.0 cm³/mol. The molecule has 1 saturated heterocycles. The molecule has 7 heteroatoms. The van der Waals surface area contributed by atoms with E-state index in [4.69, 9.17) is 5.26 Å². The van der Waals surface area contributed by atoms with Crippen LogP contribution in [0, 0.1) is 16.7 Å². The minimum Gasteiger partial charge on any atom is -0.339 e. The van der Waals surface area contributed by atoms with Gasteiger partial charge < -0.3 is 4.90 Å². The molecule has 0 N–H and O–H groups in total. The van der Waals surface area contributed by atoms with Gasteiger partial charge in [0, 0.05) is 26.2 Å². The standard InChI is InChI=1S/C11H19N3O3S/c1-4-11(2,9-12)10(15)13-5-7-14(8-6-13)18(3,16)17/h4-8H2,1-3H3. The van der Waals surface area contributed by atoms with Crippen LogP contribution in [0.3, 0.4) is 0 Å². The fraction of sp³-hybridized carbons (Fsp3) is 0.818. The molecule has 1 fully saturated rings. The third-order valence-electron chi connectivity index (χ3n) is 3.42. The van der Waals surface area contributed by atoms with Crippen LogP contribution in [0.15, 0.2) is 0 Å². The van der Waals surface area contributed by atoms with Crippen molar-refractivity contribution in [2.45, 2.75) is 20.3 Å². The van der Waals surface area contributed by atoms with E-state index in [2.05, 4.69) is 0 Å². The van der Waals surface area contributed by atoms with E-state index in [-0.39, 0.29) is 5.91 Å². The number of carbonyl (C=O) groups is 1. The lowest BCUT2D eigenvalue weighted by atomic mass is 9.87. The molecule has 0 spiro atoms. The second-order valence-corrected chi connectivity index (χ2v) is 6.73. The van der Waals surface area contributed by atoms with Crippen molar-refractivity contribution >= 4 is 15.9 Å². The molecular formula is C11H19N3O3S. The largest absolute Gasteiger partial charge is 0.339 e. The molecule has 1 unspecified atom stereocenters. The summed E-state index contributed by atoms with van der Waals surface area (Å²) in [6, 6.07) is 2.04. The highest BCUT2D eigenvalue weighted by atomic mass is 32.2. The second-order valence-electron chi connectivity index (χ2n) is 4.75. The molecule has 0 aromatic heterocycles. The van der Waals surface area contributed by atoms with Gasteiger partial charge in [0.15, 0.2) is 0 Å². The molecule has 6 nitrogen and oxygen atoms in total. The van der Waals surface area contributed by atoms with Crippen LogP contribution in [0.1, 0.15) is 20.3 Å². The Labute approximate surface area is 108 Å². The number of hydrogen-bond acceptors (Lipinski definition) is 4. The molecule has 1 atom stereocenters. The Bertz CT molecular complexity index is 460. The summed E-state index contributed by atoms with van der Waals surface area (Å²) in [5.74, 6) is -0.208.